The quantitative estimate of drug-likeness (QED) is 0.482. The van der Waals surface area contributed by atoms with Crippen molar-refractivity contribution in [2.75, 3.05) is 14.2 Å². The number of fused-ring (bicyclic) bond motifs is 1. The Bertz CT molecular complexity index is 1460. The summed E-state index contributed by atoms with van der Waals surface area (Å²) in [5.41, 5.74) is 1.23. The molecule has 0 saturated carbocycles. The minimum absolute atomic E-state index is 0.00369. The number of H-pyrrole nitrogens is 1. The molecule has 2 aromatic heterocycles. The average molecular weight is 527 g/mol. The molecule has 13 heteroatoms. The lowest BCUT2D eigenvalue weighted by Crippen LogP contribution is -2.46. The number of amides is 1. The second-order valence-electron chi connectivity index (χ2n) is 8.83. The number of rotatable bonds is 5. The summed E-state index contributed by atoms with van der Waals surface area (Å²) in [6, 6.07) is 4.12. The largest absolute Gasteiger partial charge is 0.493 e. The van der Waals surface area contributed by atoms with E-state index < -0.39 is 64.1 Å². The molecule has 1 saturated heterocycles. The number of carbonyl (C=O) groups is 1. The summed E-state index contributed by atoms with van der Waals surface area (Å²) < 4.78 is 86.9. The predicted octanol–water partition coefficient (Wildman–Crippen LogP) is 4.13. The van der Waals surface area contributed by atoms with Crippen LogP contribution in [0.2, 0.25) is 0 Å². The van der Waals surface area contributed by atoms with Crippen LogP contribution in [0.25, 0.3) is 10.9 Å². The Morgan fingerprint density at radius 1 is 1.19 bits per heavy atom. The van der Waals surface area contributed by atoms with Crippen LogP contribution in [-0.2, 0) is 4.74 Å². The Balaban J connectivity index is 2.00. The van der Waals surface area contributed by atoms with E-state index in [0.717, 1.165) is 32.2 Å². The van der Waals surface area contributed by atoms with Crippen molar-refractivity contribution in [2.24, 2.45) is 11.7 Å². The van der Waals surface area contributed by atoms with Crippen LogP contribution in [0.4, 0.5) is 22.0 Å². The maximum Gasteiger partial charge on any atom is 0.417 e. The molecule has 3 aromatic rings. The third kappa shape index (κ3) is 4.06. The lowest BCUT2D eigenvalue weighted by molar-refractivity contribution is -0.275. The minimum Gasteiger partial charge on any atom is -0.493 e. The number of alkyl halides is 3. The highest BCUT2D eigenvalue weighted by molar-refractivity contribution is 6.03. The van der Waals surface area contributed by atoms with Gasteiger partial charge in [-0.15, -0.1) is 0 Å². The van der Waals surface area contributed by atoms with Gasteiger partial charge in [0.05, 0.1) is 25.1 Å². The van der Waals surface area contributed by atoms with E-state index in [9.17, 15) is 31.5 Å². The number of aromatic amines is 1. The third-order valence-electron chi connectivity index (χ3n) is 6.87. The molecule has 1 fully saturated rings. The zero-order chi connectivity index (χ0) is 27.4. The lowest BCUT2D eigenvalue weighted by Gasteiger charge is -2.32. The van der Waals surface area contributed by atoms with Gasteiger partial charge in [0.1, 0.15) is 11.8 Å². The molecule has 4 rings (SSSR count). The van der Waals surface area contributed by atoms with E-state index in [-0.39, 0.29) is 28.0 Å². The fourth-order valence-corrected chi connectivity index (χ4v) is 4.79. The van der Waals surface area contributed by atoms with Gasteiger partial charge in [0.15, 0.2) is 22.6 Å². The first-order valence-electron chi connectivity index (χ1n) is 10.9. The van der Waals surface area contributed by atoms with E-state index in [2.05, 4.69) is 9.97 Å². The van der Waals surface area contributed by atoms with Crippen molar-refractivity contribution in [3.05, 3.63) is 63.1 Å². The SMILES string of the molecule is COc1cc2[nH]c([C@@H]3O[C@@](C)(C(F)(F)F)[C@@H](C)[C@H]3c3ccc(F)c(F)c3OC)cc(=O)c2c(C(N)=O)n1. The molecule has 3 heterocycles. The molecular weight excluding hydrogens is 505 g/mol. The van der Waals surface area contributed by atoms with Gasteiger partial charge in [-0.1, -0.05) is 13.0 Å². The minimum atomic E-state index is -4.87. The molecule has 1 amide bonds. The van der Waals surface area contributed by atoms with Crippen molar-refractivity contribution in [1.82, 2.24) is 9.97 Å². The highest BCUT2D eigenvalue weighted by Crippen LogP contribution is 2.59. The fourth-order valence-electron chi connectivity index (χ4n) is 4.79. The van der Waals surface area contributed by atoms with Crippen molar-refractivity contribution >= 4 is 16.8 Å². The second kappa shape index (κ2) is 8.98. The molecule has 37 heavy (non-hydrogen) atoms. The van der Waals surface area contributed by atoms with Gasteiger partial charge in [-0.2, -0.15) is 17.6 Å². The number of hydrogen-bond acceptors (Lipinski definition) is 6. The Hall–Kier alpha value is -3.74. The molecule has 0 spiro atoms. The standard InChI is InChI=1S/C24H22F5N3O5/c1-9-16(10-5-6-11(25)18(26)20(10)36-4)21(37-23(9,2)24(27,28)29)13-7-14(33)17-12(31-13)8-15(35-3)32-19(17)22(30)34/h5-9,16,21H,1-4H3,(H2,30,34)(H,31,33)/t9-,16-,21-,23+/m0/s1. The van der Waals surface area contributed by atoms with Crippen molar-refractivity contribution in [3.63, 3.8) is 0 Å². The number of methoxy groups -OCH3 is 2. The van der Waals surface area contributed by atoms with Crippen LogP contribution < -0.4 is 20.6 Å². The predicted molar refractivity (Wildman–Crippen MR) is 121 cm³/mol. The topological polar surface area (TPSA) is 117 Å². The first-order chi connectivity index (χ1) is 17.2. The third-order valence-corrected chi connectivity index (χ3v) is 6.87. The molecule has 3 N–H and O–H groups in total. The lowest BCUT2D eigenvalue weighted by atomic mass is 9.76. The van der Waals surface area contributed by atoms with Gasteiger partial charge in [0.2, 0.25) is 11.7 Å². The van der Waals surface area contributed by atoms with Gasteiger partial charge in [0.25, 0.3) is 5.91 Å². The van der Waals surface area contributed by atoms with Crippen LogP contribution in [0.1, 0.15) is 47.6 Å². The highest BCUT2D eigenvalue weighted by Gasteiger charge is 2.65. The number of nitrogens with zero attached hydrogens (tertiary/aromatic N) is 1. The summed E-state index contributed by atoms with van der Waals surface area (Å²) in [6.45, 7) is 2.10. The van der Waals surface area contributed by atoms with Crippen molar-refractivity contribution in [1.29, 1.82) is 0 Å². The average Bonchev–Trinajstić information content (AvgIpc) is 3.11. The zero-order valence-corrected chi connectivity index (χ0v) is 20.0. The molecule has 1 aliphatic rings. The first-order valence-corrected chi connectivity index (χ1v) is 10.9. The number of benzene rings is 1. The van der Waals surface area contributed by atoms with E-state index in [4.69, 9.17) is 19.9 Å². The smallest absolute Gasteiger partial charge is 0.417 e. The summed E-state index contributed by atoms with van der Waals surface area (Å²) in [4.78, 5) is 31.7. The number of hydrogen-bond donors (Lipinski definition) is 2. The number of primary amides is 1. The number of nitrogens with two attached hydrogens (primary N) is 1. The molecule has 1 aliphatic heterocycles. The van der Waals surface area contributed by atoms with Gasteiger partial charge < -0.3 is 24.9 Å². The summed E-state index contributed by atoms with van der Waals surface area (Å²) in [6.07, 6.45) is -6.36. The summed E-state index contributed by atoms with van der Waals surface area (Å²) in [5.74, 6) is -6.91. The van der Waals surface area contributed by atoms with Crippen LogP contribution >= 0.6 is 0 Å². The highest BCUT2D eigenvalue weighted by atomic mass is 19.4. The number of pyridine rings is 2. The van der Waals surface area contributed by atoms with E-state index in [1.54, 1.807) is 0 Å². The van der Waals surface area contributed by atoms with E-state index in [0.29, 0.717) is 0 Å². The maximum absolute atomic E-state index is 14.6. The van der Waals surface area contributed by atoms with Crippen molar-refractivity contribution < 1.29 is 41.0 Å². The van der Waals surface area contributed by atoms with Crippen LogP contribution in [0.5, 0.6) is 11.6 Å². The van der Waals surface area contributed by atoms with Crippen LogP contribution in [-0.4, -0.2) is 41.9 Å². The van der Waals surface area contributed by atoms with Crippen LogP contribution in [0.15, 0.2) is 29.1 Å². The molecule has 0 unspecified atom stereocenters. The summed E-state index contributed by atoms with van der Waals surface area (Å²) in [5, 5.41) is -0.205. The molecule has 0 aliphatic carbocycles. The van der Waals surface area contributed by atoms with E-state index in [1.807, 2.05) is 0 Å². The van der Waals surface area contributed by atoms with E-state index in [1.165, 1.54) is 20.1 Å². The molecular formula is C24H22F5N3O5. The van der Waals surface area contributed by atoms with Gasteiger partial charge in [-0.25, -0.2) is 9.37 Å². The number of carbonyl (C=O) groups excluding carboxylic acids is 1. The number of halogens is 5. The van der Waals surface area contributed by atoms with Gasteiger partial charge in [0, 0.05) is 35.2 Å². The summed E-state index contributed by atoms with van der Waals surface area (Å²) >= 11 is 0. The molecule has 1 aromatic carbocycles. The Labute approximate surface area is 206 Å². The Morgan fingerprint density at radius 3 is 2.43 bits per heavy atom. The Kier molecular flexibility index (Phi) is 6.39. The molecule has 8 nitrogen and oxygen atoms in total. The normalized spacial score (nSPS) is 23.9. The van der Waals surface area contributed by atoms with Crippen LogP contribution in [0, 0.1) is 17.6 Å². The van der Waals surface area contributed by atoms with Crippen molar-refractivity contribution in [3.8, 4) is 11.6 Å². The Morgan fingerprint density at radius 2 is 1.86 bits per heavy atom. The zero-order valence-electron chi connectivity index (χ0n) is 20.0. The summed E-state index contributed by atoms with van der Waals surface area (Å²) in [7, 11) is 2.31. The number of nitrogens with one attached hydrogen (secondary N) is 1. The first kappa shape index (κ1) is 26.3. The van der Waals surface area contributed by atoms with E-state index >= 15 is 0 Å². The van der Waals surface area contributed by atoms with Gasteiger partial charge in [-0.05, 0) is 13.0 Å². The van der Waals surface area contributed by atoms with Gasteiger partial charge >= 0.3 is 6.18 Å². The monoisotopic (exact) mass is 527 g/mol. The fraction of sp³-hybridized carbons (Fsp3) is 0.375. The molecule has 0 bridgehead atoms. The second-order valence-corrected chi connectivity index (χ2v) is 8.83. The van der Waals surface area contributed by atoms with Crippen LogP contribution in [0.3, 0.4) is 0 Å². The molecule has 4 atom stereocenters. The number of aromatic nitrogens is 2. The number of ether oxygens (including phenoxy) is 3. The maximum atomic E-state index is 14.6. The molecule has 0 radical (unpaired) electrons. The van der Waals surface area contributed by atoms with Gasteiger partial charge in [-0.3, -0.25) is 9.59 Å². The van der Waals surface area contributed by atoms with Crippen molar-refractivity contribution in [2.45, 2.75) is 37.6 Å². The molecule has 198 valence electrons.